The second-order valence-corrected chi connectivity index (χ2v) is 9.44. The molecule has 4 atom stereocenters. The number of hydrogen-bond donors (Lipinski definition) is 3. The van der Waals surface area contributed by atoms with Gasteiger partial charge in [-0.3, -0.25) is 19.8 Å². The molecule has 2 aliphatic heterocycles. The lowest BCUT2D eigenvalue weighted by molar-refractivity contribution is -0.384. The largest absolute Gasteiger partial charge is 0.481 e. The summed E-state index contributed by atoms with van der Waals surface area (Å²) in [6.07, 6.45) is 0.572. The van der Waals surface area contributed by atoms with E-state index in [-0.39, 0.29) is 17.2 Å². The molecular weight excluding hydrogens is 450 g/mol. The molecule has 0 radical (unpaired) electrons. The Hall–Kier alpha value is -3.72. The molecule has 35 heavy (non-hydrogen) atoms. The van der Waals surface area contributed by atoms with Crippen LogP contribution in [0.25, 0.3) is 0 Å². The quantitative estimate of drug-likeness (QED) is 0.405. The van der Waals surface area contributed by atoms with Gasteiger partial charge in [0.2, 0.25) is 0 Å². The summed E-state index contributed by atoms with van der Waals surface area (Å²) in [6, 6.07) is 15.0. The first-order valence-corrected chi connectivity index (χ1v) is 11.6. The zero-order valence-corrected chi connectivity index (χ0v) is 19.7. The first-order valence-electron chi connectivity index (χ1n) is 11.6. The van der Waals surface area contributed by atoms with Crippen molar-refractivity contribution in [3.8, 4) is 0 Å². The van der Waals surface area contributed by atoms with Gasteiger partial charge in [-0.25, -0.2) is 4.79 Å². The van der Waals surface area contributed by atoms with Crippen molar-refractivity contribution in [1.29, 1.82) is 0 Å². The van der Waals surface area contributed by atoms with Gasteiger partial charge in [0, 0.05) is 42.9 Å². The van der Waals surface area contributed by atoms with Crippen molar-refractivity contribution in [2.75, 3.05) is 13.1 Å². The topological polar surface area (TPSA) is 133 Å². The molecule has 1 saturated heterocycles. The third-order valence-electron chi connectivity index (χ3n) is 7.53. The van der Waals surface area contributed by atoms with E-state index < -0.39 is 34.2 Å². The van der Waals surface area contributed by atoms with Gasteiger partial charge in [-0.15, -0.1) is 0 Å². The molecule has 4 rings (SSSR count). The highest BCUT2D eigenvalue weighted by Gasteiger charge is 2.61. The van der Waals surface area contributed by atoms with Gasteiger partial charge >= 0.3 is 11.9 Å². The predicted octanol–water partition coefficient (Wildman–Crippen LogP) is 3.62. The molecule has 9 heteroatoms. The first kappa shape index (κ1) is 24.4. The number of carboxylic acid groups (broad SMARTS) is 2. The van der Waals surface area contributed by atoms with Crippen LogP contribution in [0.3, 0.4) is 0 Å². The Labute approximate surface area is 203 Å². The van der Waals surface area contributed by atoms with E-state index in [1.807, 2.05) is 30.3 Å². The number of non-ortho nitro benzene ring substituents is 1. The maximum Gasteiger partial charge on any atom is 0.333 e. The third-order valence-corrected chi connectivity index (χ3v) is 7.53. The van der Waals surface area contributed by atoms with Crippen LogP contribution < -0.4 is 5.32 Å². The Kier molecular flexibility index (Phi) is 6.62. The van der Waals surface area contributed by atoms with Crippen LogP contribution in [0.15, 0.2) is 65.9 Å². The van der Waals surface area contributed by atoms with Gasteiger partial charge < -0.3 is 15.5 Å². The Balaban J connectivity index is 1.83. The number of hydrogen-bond acceptors (Lipinski definition) is 6. The fourth-order valence-corrected chi connectivity index (χ4v) is 6.05. The van der Waals surface area contributed by atoms with Crippen LogP contribution >= 0.6 is 0 Å². The number of nitrogens with one attached hydrogen (secondary N) is 1. The van der Waals surface area contributed by atoms with E-state index in [2.05, 4.69) is 10.2 Å². The Morgan fingerprint density at radius 1 is 1.17 bits per heavy atom. The number of allylic oxidation sites excluding steroid dienone is 1. The van der Waals surface area contributed by atoms with Gasteiger partial charge in [-0.05, 0) is 43.9 Å². The summed E-state index contributed by atoms with van der Waals surface area (Å²) in [5.74, 6) is -3.77. The van der Waals surface area contributed by atoms with E-state index in [4.69, 9.17) is 0 Å². The number of benzene rings is 2. The maximum absolute atomic E-state index is 13.2. The normalized spacial score (nSPS) is 26.9. The van der Waals surface area contributed by atoms with Crippen molar-refractivity contribution in [1.82, 2.24) is 10.2 Å². The molecule has 2 aromatic carbocycles. The van der Waals surface area contributed by atoms with E-state index in [0.717, 1.165) is 5.56 Å². The van der Waals surface area contributed by atoms with E-state index >= 15 is 0 Å². The molecule has 0 amide bonds. The molecule has 3 N–H and O–H groups in total. The highest BCUT2D eigenvalue weighted by Crippen LogP contribution is 2.55. The smallest absolute Gasteiger partial charge is 0.333 e. The van der Waals surface area contributed by atoms with Crippen LogP contribution in [0.5, 0.6) is 0 Å². The predicted molar refractivity (Wildman–Crippen MR) is 129 cm³/mol. The zero-order valence-electron chi connectivity index (χ0n) is 19.7. The Morgan fingerprint density at radius 3 is 2.51 bits per heavy atom. The van der Waals surface area contributed by atoms with Crippen LogP contribution in [0.2, 0.25) is 0 Å². The van der Waals surface area contributed by atoms with E-state index in [9.17, 15) is 29.9 Å². The van der Waals surface area contributed by atoms with Gasteiger partial charge in [0.25, 0.3) is 5.69 Å². The summed E-state index contributed by atoms with van der Waals surface area (Å²) < 4.78 is 0. The van der Waals surface area contributed by atoms with Gasteiger partial charge in [0.1, 0.15) is 5.41 Å². The lowest BCUT2D eigenvalue weighted by Crippen LogP contribution is -2.60. The van der Waals surface area contributed by atoms with Crippen LogP contribution in [-0.4, -0.2) is 51.1 Å². The van der Waals surface area contributed by atoms with E-state index in [1.54, 1.807) is 19.9 Å². The number of aliphatic carboxylic acids is 2. The van der Waals surface area contributed by atoms with Crippen molar-refractivity contribution in [2.45, 2.75) is 38.8 Å². The molecule has 2 aliphatic rings. The molecular formula is C26H29N3O6. The fourth-order valence-electron chi connectivity index (χ4n) is 6.05. The lowest BCUT2D eigenvalue weighted by atomic mass is 9.56. The minimum atomic E-state index is -1.52. The van der Waals surface area contributed by atoms with Gasteiger partial charge in [0.05, 0.1) is 10.5 Å². The van der Waals surface area contributed by atoms with Crippen LogP contribution in [0.1, 0.15) is 37.3 Å². The molecule has 184 valence electrons. The number of nitro groups is 1. The molecule has 0 bridgehead atoms. The second-order valence-electron chi connectivity index (χ2n) is 9.44. The molecule has 9 nitrogen and oxygen atoms in total. The monoisotopic (exact) mass is 479 g/mol. The highest BCUT2D eigenvalue weighted by atomic mass is 16.6. The van der Waals surface area contributed by atoms with Crippen molar-refractivity contribution in [2.24, 2.45) is 11.3 Å². The Bertz CT molecular complexity index is 1180. The minimum Gasteiger partial charge on any atom is -0.481 e. The first-order chi connectivity index (χ1) is 16.7. The number of nitro benzene ring substituents is 1. The van der Waals surface area contributed by atoms with Gasteiger partial charge in [-0.2, -0.15) is 0 Å². The molecule has 0 aromatic heterocycles. The van der Waals surface area contributed by atoms with Crippen LogP contribution in [0, 0.1) is 21.4 Å². The van der Waals surface area contributed by atoms with E-state index in [1.165, 1.54) is 18.2 Å². The summed E-state index contributed by atoms with van der Waals surface area (Å²) >= 11 is 0. The molecule has 0 spiro atoms. The van der Waals surface area contributed by atoms with Crippen molar-refractivity contribution in [3.63, 3.8) is 0 Å². The standard InChI is InChI=1S/C26H29N3O6/c1-16-22(24(30)31)23(19-9-6-10-21(13-19)29(34)35)26(25(32)33,17(2)27-16)20-11-12-28(15-20)14-18-7-4-3-5-8-18/h3-10,13,17,20,23,27H,11-12,14-15H2,1-2H3,(H,30,31)(H,32,33). The number of rotatable bonds is 7. The molecule has 2 heterocycles. The molecule has 0 saturated carbocycles. The number of carboxylic acids is 2. The summed E-state index contributed by atoms with van der Waals surface area (Å²) in [7, 11) is 0. The second kappa shape index (κ2) is 9.50. The van der Waals surface area contributed by atoms with E-state index in [0.29, 0.717) is 37.3 Å². The van der Waals surface area contributed by atoms with Crippen molar-refractivity contribution in [3.05, 3.63) is 87.1 Å². The minimum absolute atomic E-state index is 0.0625. The average Bonchev–Trinajstić information content (AvgIpc) is 3.27. The lowest BCUT2D eigenvalue weighted by Gasteiger charge is -2.50. The van der Waals surface area contributed by atoms with Crippen LogP contribution in [0.4, 0.5) is 5.69 Å². The molecule has 0 aliphatic carbocycles. The Morgan fingerprint density at radius 2 is 1.89 bits per heavy atom. The molecule has 1 fully saturated rings. The highest BCUT2D eigenvalue weighted by molar-refractivity contribution is 5.93. The number of likely N-dealkylation sites (tertiary alicyclic amines) is 1. The molecule has 4 unspecified atom stereocenters. The maximum atomic E-state index is 13.2. The SMILES string of the molecule is CC1=C(C(=O)O)C(c2cccc([N+](=O)[O-])c2)C(C(=O)O)(C2CCN(Cc3ccccc3)C2)C(C)N1. The zero-order chi connectivity index (χ0) is 25.3. The van der Waals surface area contributed by atoms with Crippen molar-refractivity contribution >= 4 is 17.6 Å². The fraction of sp³-hybridized carbons (Fsp3) is 0.385. The summed E-state index contributed by atoms with van der Waals surface area (Å²) in [5, 5.41) is 35.6. The van der Waals surface area contributed by atoms with Crippen molar-refractivity contribution < 1.29 is 24.7 Å². The molecule has 2 aromatic rings. The summed E-state index contributed by atoms with van der Waals surface area (Å²) in [6.45, 7) is 5.20. The summed E-state index contributed by atoms with van der Waals surface area (Å²) in [4.78, 5) is 38.8. The summed E-state index contributed by atoms with van der Waals surface area (Å²) in [5.41, 5.74) is 0.0312. The van der Waals surface area contributed by atoms with Crippen LogP contribution in [-0.2, 0) is 16.1 Å². The average molecular weight is 480 g/mol. The number of carbonyl (C=O) groups is 2. The van der Waals surface area contributed by atoms with Gasteiger partial charge in [0.15, 0.2) is 0 Å². The number of nitrogens with zero attached hydrogens (tertiary/aromatic N) is 2. The van der Waals surface area contributed by atoms with Gasteiger partial charge in [-0.1, -0.05) is 42.5 Å². The third kappa shape index (κ3) is 4.27.